The van der Waals surface area contributed by atoms with Crippen molar-refractivity contribution in [2.24, 2.45) is 0 Å². The third-order valence-electron chi connectivity index (χ3n) is 4.13. The molecular weight excluding hydrogens is 310 g/mol. The Morgan fingerprint density at radius 2 is 2.13 bits per heavy atom. The predicted molar refractivity (Wildman–Crippen MR) is 91.3 cm³/mol. The van der Waals surface area contributed by atoms with E-state index in [0.717, 1.165) is 50.0 Å². The van der Waals surface area contributed by atoms with Crippen LogP contribution < -0.4 is 0 Å². The maximum Gasteiger partial charge on any atom is 0.188 e. The van der Waals surface area contributed by atoms with E-state index in [9.17, 15) is 0 Å². The largest absolute Gasteiger partial charge is 0.383 e. The van der Waals surface area contributed by atoms with Gasteiger partial charge in [-0.1, -0.05) is 0 Å². The molecule has 7 heteroatoms. The SMILES string of the molecule is COCCN1CCN(Cc2csc(-c3ncccn3)n2)C[C@H]1C. The van der Waals surface area contributed by atoms with Crippen molar-refractivity contribution in [1.82, 2.24) is 24.8 Å². The van der Waals surface area contributed by atoms with Crippen molar-refractivity contribution < 1.29 is 4.74 Å². The highest BCUT2D eigenvalue weighted by Crippen LogP contribution is 2.21. The van der Waals surface area contributed by atoms with Crippen LogP contribution in [0, 0.1) is 0 Å². The zero-order valence-corrected chi connectivity index (χ0v) is 14.5. The molecule has 0 N–H and O–H groups in total. The summed E-state index contributed by atoms with van der Waals surface area (Å²) < 4.78 is 5.18. The molecule has 6 nitrogen and oxygen atoms in total. The van der Waals surface area contributed by atoms with Gasteiger partial charge in [-0.3, -0.25) is 9.80 Å². The standard InChI is InChI=1S/C16H23N5OS/c1-13-10-20(6-7-21(13)8-9-22-2)11-14-12-23-16(19-14)15-17-4-3-5-18-15/h3-5,12-13H,6-11H2,1-2H3/t13-/m1/s1. The molecule has 0 amide bonds. The maximum absolute atomic E-state index is 5.18. The summed E-state index contributed by atoms with van der Waals surface area (Å²) in [6, 6.07) is 2.37. The lowest BCUT2D eigenvalue weighted by Gasteiger charge is -2.39. The first-order valence-corrected chi connectivity index (χ1v) is 8.81. The van der Waals surface area contributed by atoms with E-state index in [1.54, 1.807) is 30.8 Å². The highest BCUT2D eigenvalue weighted by atomic mass is 32.1. The van der Waals surface area contributed by atoms with Crippen LogP contribution in [-0.4, -0.2) is 70.7 Å². The Balaban J connectivity index is 1.56. The minimum atomic E-state index is 0.550. The zero-order valence-electron chi connectivity index (χ0n) is 13.7. The molecule has 1 saturated heterocycles. The van der Waals surface area contributed by atoms with Gasteiger partial charge in [0.25, 0.3) is 0 Å². The molecule has 23 heavy (non-hydrogen) atoms. The maximum atomic E-state index is 5.18. The van der Waals surface area contributed by atoms with E-state index in [4.69, 9.17) is 4.74 Å². The molecule has 1 aliphatic heterocycles. The molecular formula is C16H23N5OS. The third kappa shape index (κ3) is 4.32. The Morgan fingerprint density at radius 1 is 1.30 bits per heavy atom. The Bertz CT molecular complexity index is 606. The third-order valence-corrected chi connectivity index (χ3v) is 5.01. The average molecular weight is 333 g/mol. The van der Waals surface area contributed by atoms with Crippen molar-refractivity contribution in [1.29, 1.82) is 0 Å². The van der Waals surface area contributed by atoms with Crippen LogP contribution in [0.15, 0.2) is 23.8 Å². The van der Waals surface area contributed by atoms with E-state index in [0.29, 0.717) is 11.9 Å². The summed E-state index contributed by atoms with van der Waals surface area (Å²) in [6.07, 6.45) is 3.51. The predicted octanol–water partition coefficient (Wildman–Crippen LogP) is 1.75. The minimum absolute atomic E-state index is 0.550. The fraction of sp³-hybridized carbons (Fsp3) is 0.562. The second-order valence-electron chi connectivity index (χ2n) is 5.83. The van der Waals surface area contributed by atoms with Crippen LogP contribution >= 0.6 is 11.3 Å². The van der Waals surface area contributed by atoms with Crippen LogP contribution in [0.5, 0.6) is 0 Å². The first-order chi connectivity index (χ1) is 11.3. The summed E-state index contributed by atoms with van der Waals surface area (Å²) in [5, 5.41) is 3.01. The quantitative estimate of drug-likeness (QED) is 0.803. The van der Waals surface area contributed by atoms with Crippen molar-refractivity contribution in [3.63, 3.8) is 0 Å². The van der Waals surface area contributed by atoms with Crippen LogP contribution in [-0.2, 0) is 11.3 Å². The second kappa shape index (κ2) is 7.92. The number of hydrogen-bond donors (Lipinski definition) is 0. The fourth-order valence-corrected chi connectivity index (χ4v) is 3.63. The highest BCUT2D eigenvalue weighted by molar-refractivity contribution is 7.13. The van der Waals surface area contributed by atoms with E-state index in [1.165, 1.54) is 0 Å². The van der Waals surface area contributed by atoms with Gasteiger partial charge in [0.15, 0.2) is 10.8 Å². The van der Waals surface area contributed by atoms with Crippen LogP contribution in [0.25, 0.3) is 10.8 Å². The Kier molecular flexibility index (Phi) is 5.66. The first kappa shape index (κ1) is 16.4. The number of hydrogen-bond acceptors (Lipinski definition) is 7. The molecule has 2 aromatic heterocycles. The normalized spacial score (nSPS) is 20.0. The molecule has 2 aromatic rings. The molecule has 124 valence electrons. The number of thiazole rings is 1. The number of aromatic nitrogens is 3. The molecule has 0 unspecified atom stereocenters. The van der Waals surface area contributed by atoms with Gasteiger partial charge in [0, 0.05) is 63.6 Å². The molecule has 0 spiro atoms. The fourth-order valence-electron chi connectivity index (χ4n) is 2.88. The monoisotopic (exact) mass is 333 g/mol. The van der Waals surface area contributed by atoms with Crippen LogP contribution in [0.1, 0.15) is 12.6 Å². The topological polar surface area (TPSA) is 54.4 Å². The average Bonchev–Trinajstić information content (AvgIpc) is 3.03. The van der Waals surface area contributed by atoms with Crippen LogP contribution in [0.2, 0.25) is 0 Å². The molecule has 1 aliphatic rings. The van der Waals surface area contributed by atoms with Crippen molar-refractivity contribution >= 4 is 11.3 Å². The number of nitrogens with zero attached hydrogens (tertiary/aromatic N) is 5. The molecule has 0 radical (unpaired) electrons. The molecule has 3 heterocycles. The van der Waals surface area contributed by atoms with E-state index >= 15 is 0 Å². The minimum Gasteiger partial charge on any atom is -0.383 e. The van der Waals surface area contributed by atoms with Gasteiger partial charge in [0.2, 0.25) is 0 Å². The number of piperazine rings is 1. The van der Waals surface area contributed by atoms with Crippen molar-refractivity contribution in [2.45, 2.75) is 19.5 Å². The lowest BCUT2D eigenvalue weighted by molar-refractivity contribution is 0.0553. The summed E-state index contributed by atoms with van der Waals surface area (Å²) in [5.74, 6) is 0.710. The summed E-state index contributed by atoms with van der Waals surface area (Å²) in [5.41, 5.74) is 1.11. The van der Waals surface area contributed by atoms with Crippen LogP contribution in [0.3, 0.4) is 0 Å². The Hall–Kier alpha value is -1.41. The summed E-state index contributed by atoms with van der Waals surface area (Å²) in [6.45, 7) is 8.22. The van der Waals surface area contributed by atoms with Gasteiger partial charge in [-0.05, 0) is 13.0 Å². The summed E-state index contributed by atoms with van der Waals surface area (Å²) in [4.78, 5) is 18.2. The van der Waals surface area contributed by atoms with E-state index in [-0.39, 0.29) is 0 Å². The number of rotatable bonds is 6. The number of ether oxygens (including phenoxy) is 1. The molecule has 1 fully saturated rings. The Morgan fingerprint density at radius 3 is 2.87 bits per heavy atom. The number of methoxy groups -OCH3 is 1. The van der Waals surface area contributed by atoms with Gasteiger partial charge in [0.1, 0.15) is 0 Å². The van der Waals surface area contributed by atoms with Crippen molar-refractivity contribution in [2.75, 3.05) is 39.9 Å². The van der Waals surface area contributed by atoms with E-state index in [1.807, 2.05) is 6.07 Å². The molecule has 3 rings (SSSR count). The Labute approximate surface area is 141 Å². The zero-order chi connectivity index (χ0) is 16.1. The first-order valence-electron chi connectivity index (χ1n) is 7.93. The lowest BCUT2D eigenvalue weighted by Crippen LogP contribution is -2.52. The molecule has 0 saturated carbocycles. The van der Waals surface area contributed by atoms with Gasteiger partial charge >= 0.3 is 0 Å². The molecule has 1 atom stereocenters. The van der Waals surface area contributed by atoms with E-state index in [2.05, 4.69) is 37.1 Å². The van der Waals surface area contributed by atoms with E-state index < -0.39 is 0 Å². The highest BCUT2D eigenvalue weighted by Gasteiger charge is 2.23. The lowest BCUT2D eigenvalue weighted by atomic mass is 10.2. The van der Waals surface area contributed by atoms with Gasteiger partial charge in [-0.15, -0.1) is 11.3 Å². The second-order valence-corrected chi connectivity index (χ2v) is 6.69. The van der Waals surface area contributed by atoms with Crippen molar-refractivity contribution in [3.8, 4) is 10.8 Å². The summed E-state index contributed by atoms with van der Waals surface area (Å²) >= 11 is 1.61. The van der Waals surface area contributed by atoms with Gasteiger partial charge in [0.05, 0.1) is 12.3 Å². The van der Waals surface area contributed by atoms with Crippen LogP contribution in [0.4, 0.5) is 0 Å². The molecule has 0 aromatic carbocycles. The van der Waals surface area contributed by atoms with Gasteiger partial charge < -0.3 is 4.74 Å². The molecule has 0 aliphatic carbocycles. The summed E-state index contributed by atoms with van der Waals surface area (Å²) in [7, 11) is 1.76. The smallest absolute Gasteiger partial charge is 0.188 e. The van der Waals surface area contributed by atoms with Crippen molar-refractivity contribution in [3.05, 3.63) is 29.5 Å². The van der Waals surface area contributed by atoms with Gasteiger partial charge in [-0.25, -0.2) is 15.0 Å². The van der Waals surface area contributed by atoms with Gasteiger partial charge in [-0.2, -0.15) is 0 Å². The molecule has 0 bridgehead atoms.